The number of nitriles is 1. The van der Waals surface area contributed by atoms with Crippen LogP contribution in [-0.2, 0) is 4.74 Å². The van der Waals surface area contributed by atoms with E-state index in [1.165, 1.54) is 7.11 Å². The van der Waals surface area contributed by atoms with E-state index in [-0.39, 0.29) is 10.0 Å². The molecule has 0 spiro atoms. The van der Waals surface area contributed by atoms with E-state index in [0.29, 0.717) is 10.6 Å². The summed E-state index contributed by atoms with van der Waals surface area (Å²) in [5.74, 6) is -0.514. The molecule has 0 aliphatic heterocycles. The van der Waals surface area contributed by atoms with E-state index in [2.05, 4.69) is 9.72 Å². The maximum atomic E-state index is 11.4. The standard InChI is InChI=1S/C12H7ClN2O2S/c1-17-12(16)9-10(13)15-11(18-9)8-4-2-3-7(5-8)6-14/h2-5H,1H3. The van der Waals surface area contributed by atoms with Crippen molar-refractivity contribution in [3.8, 4) is 16.6 Å². The van der Waals surface area contributed by atoms with Gasteiger partial charge in [0.05, 0.1) is 18.7 Å². The highest BCUT2D eigenvalue weighted by atomic mass is 35.5. The predicted molar refractivity (Wildman–Crippen MR) is 68.6 cm³/mol. The normalized spacial score (nSPS) is 9.83. The Bertz CT molecular complexity index is 646. The molecule has 0 aliphatic carbocycles. The van der Waals surface area contributed by atoms with Gasteiger partial charge in [0, 0.05) is 5.56 Å². The molecule has 0 amide bonds. The Morgan fingerprint density at radius 2 is 2.33 bits per heavy atom. The van der Waals surface area contributed by atoms with Crippen LogP contribution in [0.2, 0.25) is 5.15 Å². The van der Waals surface area contributed by atoms with E-state index in [4.69, 9.17) is 16.9 Å². The molecule has 1 aromatic heterocycles. The third-order valence-corrected chi connectivity index (χ3v) is 3.67. The number of hydrogen-bond acceptors (Lipinski definition) is 5. The number of carbonyl (C=O) groups is 1. The van der Waals surface area contributed by atoms with Crippen LogP contribution in [0, 0.1) is 11.3 Å². The Labute approximate surface area is 112 Å². The van der Waals surface area contributed by atoms with Crippen molar-refractivity contribution in [2.75, 3.05) is 7.11 Å². The third kappa shape index (κ3) is 2.35. The van der Waals surface area contributed by atoms with Crippen molar-refractivity contribution in [3.63, 3.8) is 0 Å². The van der Waals surface area contributed by atoms with E-state index in [0.717, 1.165) is 16.9 Å². The summed E-state index contributed by atoms with van der Waals surface area (Å²) in [7, 11) is 1.29. The number of rotatable bonds is 2. The number of halogens is 1. The van der Waals surface area contributed by atoms with Crippen molar-refractivity contribution in [1.82, 2.24) is 4.98 Å². The van der Waals surface area contributed by atoms with Gasteiger partial charge in [0.25, 0.3) is 0 Å². The Balaban J connectivity index is 2.46. The van der Waals surface area contributed by atoms with Gasteiger partial charge in [0.2, 0.25) is 0 Å². The van der Waals surface area contributed by atoms with Crippen molar-refractivity contribution < 1.29 is 9.53 Å². The highest BCUT2D eigenvalue weighted by Gasteiger charge is 2.18. The molecule has 2 aromatic rings. The SMILES string of the molecule is COC(=O)c1sc(-c2cccc(C#N)c2)nc1Cl. The summed E-state index contributed by atoms with van der Waals surface area (Å²) >= 11 is 7.01. The molecule has 0 N–H and O–H groups in total. The predicted octanol–water partition coefficient (Wildman–Crippen LogP) is 3.12. The smallest absolute Gasteiger partial charge is 0.351 e. The first-order chi connectivity index (χ1) is 8.65. The molecule has 2 rings (SSSR count). The van der Waals surface area contributed by atoms with Crippen molar-refractivity contribution in [2.24, 2.45) is 0 Å². The van der Waals surface area contributed by atoms with Crippen LogP contribution in [0.15, 0.2) is 24.3 Å². The van der Waals surface area contributed by atoms with Crippen LogP contribution >= 0.6 is 22.9 Å². The van der Waals surface area contributed by atoms with Crippen molar-refractivity contribution >= 4 is 28.9 Å². The first-order valence-corrected chi connectivity index (χ1v) is 6.10. The number of nitrogens with zero attached hydrogens (tertiary/aromatic N) is 2. The maximum Gasteiger partial charge on any atom is 0.351 e. The van der Waals surface area contributed by atoms with Crippen LogP contribution < -0.4 is 0 Å². The molecule has 0 saturated carbocycles. The van der Waals surface area contributed by atoms with Crippen molar-refractivity contribution in [1.29, 1.82) is 5.26 Å². The second-order valence-electron chi connectivity index (χ2n) is 3.32. The minimum atomic E-state index is -0.514. The van der Waals surface area contributed by atoms with Gasteiger partial charge in [-0.2, -0.15) is 5.26 Å². The van der Waals surface area contributed by atoms with E-state index in [1.807, 2.05) is 6.07 Å². The molecule has 0 radical (unpaired) electrons. The molecule has 0 bridgehead atoms. The lowest BCUT2D eigenvalue weighted by Gasteiger charge is -1.95. The lowest BCUT2D eigenvalue weighted by molar-refractivity contribution is 0.0606. The van der Waals surface area contributed by atoms with Gasteiger partial charge in [-0.05, 0) is 12.1 Å². The largest absolute Gasteiger partial charge is 0.465 e. The lowest BCUT2D eigenvalue weighted by atomic mass is 10.1. The molecule has 0 unspecified atom stereocenters. The first-order valence-electron chi connectivity index (χ1n) is 4.91. The summed E-state index contributed by atoms with van der Waals surface area (Å²) < 4.78 is 4.61. The van der Waals surface area contributed by atoms with Crippen molar-refractivity contribution in [3.05, 3.63) is 39.9 Å². The molecule has 0 atom stereocenters. The summed E-state index contributed by atoms with van der Waals surface area (Å²) in [6.07, 6.45) is 0. The fourth-order valence-corrected chi connectivity index (χ4v) is 2.56. The molecule has 0 fully saturated rings. The minimum absolute atomic E-state index is 0.115. The molecule has 0 saturated heterocycles. The van der Waals surface area contributed by atoms with E-state index in [9.17, 15) is 4.79 Å². The zero-order valence-electron chi connectivity index (χ0n) is 9.31. The fraction of sp³-hybridized carbons (Fsp3) is 0.0833. The van der Waals surface area contributed by atoms with E-state index in [1.54, 1.807) is 24.3 Å². The molecule has 6 heteroatoms. The van der Waals surface area contributed by atoms with Gasteiger partial charge < -0.3 is 4.74 Å². The molecule has 90 valence electrons. The number of aromatic nitrogens is 1. The lowest BCUT2D eigenvalue weighted by Crippen LogP contribution is -1.98. The molecular weight excluding hydrogens is 272 g/mol. The third-order valence-electron chi connectivity index (χ3n) is 2.20. The monoisotopic (exact) mass is 278 g/mol. The van der Waals surface area contributed by atoms with Gasteiger partial charge in [-0.15, -0.1) is 11.3 Å². The molecule has 18 heavy (non-hydrogen) atoms. The van der Waals surface area contributed by atoms with Gasteiger partial charge in [-0.1, -0.05) is 23.7 Å². The summed E-state index contributed by atoms with van der Waals surface area (Å²) in [5, 5.41) is 9.52. The Morgan fingerprint density at radius 1 is 1.56 bits per heavy atom. The number of esters is 1. The zero-order valence-corrected chi connectivity index (χ0v) is 10.9. The van der Waals surface area contributed by atoms with Gasteiger partial charge in [0.1, 0.15) is 5.01 Å². The van der Waals surface area contributed by atoms with Crippen LogP contribution in [0.1, 0.15) is 15.2 Å². The average molecular weight is 279 g/mol. The molecule has 0 aliphatic rings. The molecule has 1 aromatic carbocycles. The average Bonchev–Trinajstić information content (AvgIpc) is 2.80. The van der Waals surface area contributed by atoms with E-state index >= 15 is 0 Å². The number of benzene rings is 1. The zero-order chi connectivity index (χ0) is 13.1. The van der Waals surface area contributed by atoms with Gasteiger partial charge in [0.15, 0.2) is 10.0 Å². The quantitative estimate of drug-likeness (QED) is 0.792. The first kappa shape index (κ1) is 12.6. The fourth-order valence-electron chi connectivity index (χ4n) is 1.37. The second-order valence-corrected chi connectivity index (χ2v) is 4.68. The van der Waals surface area contributed by atoms with E-state index < -0.39 is 5.97 Å². The minimum Gasteiger partial charge on any atom is -0.465 e. The van der Waals surface area contributed by atoms with Gasteiger partial charge in [-0.25, -0.2) is 9.78 Å². The van der Waals surface area contributed by atoms with Gasteiger partial charge in [-0.3, -0.25) is 0 Å². The molecule has 1 heterocycles. The van der Waals surface area contributed by atoms with Crippen LogP contribution in [0.25, 0.3) is 10.6 Å². The highest BCUT2D eigenvalue weighted by Crippen LogP contribution is 2.31. The summed E-state index contributed by atoms with van der Waals surface area (Å²) in [4.78, 5) is 15.8. The second kappa shape index (κ2) is 5.17. The van der Waals surface area contributed by atoms with Crippen LogP contribution in [0.5, 0.6) is 0 Å². The van der Waals surface area contributed by atoms with Crippen LogP contribution in [0.4, 0.5) is 0 Å². The number of hydrogen-bond donors (Lipinski definition) is 0. The summed E-state index contributed by atoms with van der Waals surface area (Å²) in [6, 6.07) is 8.98. The topological polar surface area (TPSA) is 63.0 Å². The molecular formula is C12H7ClN2O2S. The Morgan fingerprint density at radius 3 is 3.00 bits per heavy atom. The highest BCUT2D eigenvalue weighted by molar-refractivity contribution is 7.17. The Hall–Kier alpha value is -1.90. The Kier molecular flexibility index (Phi) is 3.60. The maximum absolute atomic E-state index is 11.4. The number of methoxy groups -OCH3 is 1. The van der Waals surface area contributed by atoms with Crippen LogP contribution in [-0.4, -0.2) is 18.1 Å². The molecule has 4 nitrogen and oxygen atoms in total. The number of thiazole rings is 1. The summed E-state index contributed by atoms with van der Waals surface area (Å²) in [5.41, 5.74) is 1.27. The van der Waals surface area contributed by atoms with Gasteiger partial charge >= 0.3 is 5.97 Å². The van der Waals surface area contributed by atoms with Crippen molar-refractivity contribution in [2.45, 2.75) is 0 Å². The number of carbonyl (C=O) groups excluding carboxylic acids is 1. The van der Waals surface area contributed by atoms with Crippen LogP contribution in [0.3, 0.4) is 0 Å². The number of ether oxygens (including phenoxy) is 1. The summed E-state index contributed by atoms with van der Waals surface area (Å²) in [6.45, 7) is 0.